The lowest BCUT2D eigenvalue weighted by Crippen LogP contribution is -2.50. The van der Waals surface area contributed by atoms with Crippen molar-refractivity contribution in [1.82, 2.24) is 25.2 Å². The van der Waals surface area contributed by atoms with Gasteiger partial charge in [-0.15, -0.1) is 0 Å². The lowest BCUT2D eigenvalue weighted by Gasteiger charge is -2.39. The molecule has 3 heterocycles. The van der Waals surface area contributed by atoms with E-state index in [1.54, 1.807) is 36.5 Å². The molecule has 1 fully saturated rings. The molecule has 0 unspecified atom stereocenters. The molecule has 0 spiro atoms. The molecule has 1 aliphatic heterocycles. The number of fused-ring (bicyclic) bond motifs is 1. The summed E-state index contributed by atoms with van der Waals surface area (Å²) in [5.74, 6) is 1.27. The molecule has 1 aromatic carbocycles. The molecule has 1 saturated heterocycles. The van der Waals surface area contributed by atoms with Crippen LogP contribution in [0.1, 0.15) is 19.3 Å². The lowest BCUT2D eigenvalue weighted by atomic mass is 9.86. The lowest BCUT2D eigenvalue weighted by molar-refractivity contribution is -0.119. The molecule has 2 atom stereocenters. The number of nitriles is 1. The van der Waals surface area contributed by atoms with Crippen molar-refractivity contribution in [2.24, 2.45) is 5.92 Å². The van der Waals surface area contributed by atoms with Crippen LogP contribution in [0.5, 0.6) is 5.75 Å². The first kappa shape index (κ1) is 30.2. The molecule has 0 radical (unpaired) electrons. The number of carbonyl (C=O) groups is 3. The zero-order valence-electron chi connectivity index (χ0n) is 23.3. The number of ketones is 1. The largest absolute Gasteiger partial charge is 0.491 e. The number of carboxylic acid groups (broad SMARTS) is 1. The summed E-state index contributed by atoms with van der Waals surface area (Å²) >= 11 is 0. The number of nitrogens with zero attached hydrogens (tertiary/aromatic N) is 5. The smallest absolute Gasteiger partial charge is 0.404 e. The highest BCUT2D eigenvalue weighted by Gasteiger charge is 2.31. The number of hydrogen-bond donors (Lipinski definition) is 4. The Balaban J connectivity index is 1.36. The number of carbonyl (C=O) groups excluding carboxylic acids is 2. The van der Waals surface area contributed by atoms with Gasteiger partial charge in [0.2, 0.25) is 0 Å². The Labute approximate surface area is 242 Å². The van der Waals surface area contributed by atoms with Gasteiger partial charge in [0.1, 0.15) is 30.3 Å². The van der Waals surface area contributed by atoms with E-state index in [4.69, 9.17) is 19.8 Å². The van der Waals surface area contributed by atoms with Gasteiger partial charge in [0.05, 0.1) is 31.1 Å². The van der Waals surface area contributed by atoms with Gasteiger partial charge < -0.3 is 35.4 Å². The van der Waals surface area contributed by atoms with E-state index in [-0.39, 0.29) is 37.3 Å². The highest BCUT2D eigenvalue weighted by atomic mass is 16.5. The highest BCUT2D eigenvalue weighted by molar-refractivity contribution is 6.00. The summed E-state index contributed by atoms with van der Waals surface area (Å²) in [7, 11) is 1.92. The monoisotopic (exact) mass is 578 g/mol. The van der Waals surface area contributed by atoms with Crippen LogP contribution >= 0.6 is 0 Å². The Hall–Kier alpha value is -4.74. The predicted molar refractivity (Wildman–Crippen MR) is 154 cm³/mol. The number of anilines is 2. The van der Waals surface area contributed by atoms with Gasteiger partial charge in [-0.05, 0) is 49.2 Å². The number of benzene rings is 1. The van der Waals surface area contributed by atoms with Crippen LogP contribution in [-0.4, -0.2) is 90.1 Å². The molecule has 42 heavy (non-hydrogen) atoms. The third kappa shape index (κ3) is 7.93. The number of likely N-dealkylation sites (N-methyl/N-ethyl adjacent to an activating group) is 1. The Morgan fingerprint density at radius 2 is 2.00 bits per heavy atom. The van der Waals surface area contributed by atoms with E-state index in [1.807, 2.05) is 18.0 Å². The number of aromatic nitrogens is 3. The zero-order valence-corrected chi connectivity index (χ0v) is 23.3. The fraction of sp³-hybridized carbons (Fsp3) is 0.429. The van der Waals surface area contributed by atoms with E-state index >= 15 is 0 Å². The van der Waals surface area contributed by atoms with Crippen LogP contribution in [0.4, 0.5) is 21.1 Å². The normalized spacial score (nSPS) is 16.4. The third-order valence-electron chi connectivity index (χ3n) is 6.99. The van der Waals surface area contributed by atoms with Crippen molar-refractivity contribution >= 4 is 40.4 Å². The number of nitrogens with one attached hydrogen (secondary N) is 3. The van der Waals surface area contributed by atoms with Crippen molar-refractivity contribution < 1.29 is 29.0 Å². The fourth-order valence-electron chi connectivity index (χ4n) is 4.95. The quantitative estimate of drug-likeness (QED) is 0.219. The Bertz CT molecular complexity index is 1420. The molecule has 1 aliphatic rings. The van der Waals surface area contributed by atoms with E-state index in [2.05, 4.69) is 25.9 Å². The number of piperidine rings is 1. The van der Waals surface area contributed by atoms with E-state index in [0.29, 0.717) is 54.5 Å². The summed E-state index contributed by atoms with van der Waals surface area (Å²) in [6.07, 6.45) is 3.03. The molecular weight excluding hydrogens is 544 g/mol. The maximum atomic E-state index is 13.1. The first-order valence-corrected chi connectivity index (χ1v) is 13.6. The SMILES string of the molecule is CN(c1ncnc2c1ccn2C(=O)Nc1ccc(OCCOCCNC(=O)O)cc1)[C@H]1CNCC[C@@H]1CC(=O)CC#N. The van der Waals surface area contributed by atoms with E-state index < -0.39 is 12.1 Å². The summed E-state index contributed by atoms with van der Waals surface area (Å²) in [6.45, 7) is 2.52. The third-order valence-corrected chi connectivity index (χ3v) is 6.99. The topological polar surface area (TPSA) is 184 Å². The molecule has 0 saturated carbocycles. The van der Waals surface area contributed by atoms with Crippen molar-refractivity contribution in [2.75, 3.05) is 56.7 Å². The fourth-order valence-corrected chi connectivity index (χ4v) is 4.95. The molecule has 0 bridgehead atoms. The summed E-state index contributed by atoms with van der Waals surface area (Å²) in [6, 6.07) is 10.2. The van der Waals surface area contributed by atoms with Crippen LogP contribution in [0.15, 0.2) is 42.9 Å². The van der Waals surface area contributed by atoms with Crippen LogP contribution in [0.2, 0.25) is 0 Å². The maximum Gasteiger partial charge on any atom is 0.404 e. The van der Waals surface area contributed by atoms with Crippen LogP contribution < -0.4 is 25.6 Å². The second-order valence-electron chi connectivity index (χ2n) is 9.78. The van der Waals surface area contributed by atoms with Crippen molar-refractivity contribution in [1.29, 1.82) is 5.26 Å². The first-order valence-electron chi connectivity index (χ1n) is 13.6. The molecule has 3 aromatic rings. The summed E-state index contributed by atoms with van der Waals surface area (Å²) in [5, 5.41) is 26.6. The molecule has 14 heteroatoms. The summed E-state index contributed by atoms with van der Waals surface area (Å²) in [4.78, 5) is 46.7. The van der Waals surface area contributed by atoms with Crippen LogP contribution in [0.25, 0.3) is 11.0 Å². The average molecular weight is 579 g/mol. The van der Waals surface area contributed by atoms with Crippen molar-refractivity contribution in [3.05, 3.63) is 42.9 Å². The second kappa shape index (κ2) is 14.8. The standard InChI is InChI=1S/C28H34N8O6/c1-35(24-17-30-10-7-19(24)16-21(37)6-9-29)25-23-8-12-36(26(23)33-18-32-25)27(38)34-20-2-4-22(5-3-20)42-15-14-41-13-11-31-28(39)40/h2-5,8,12,18-19,24,30-31H,6-7,10-11,13-17H2,1H3,(H,34,38)(H,39,40)/t19-,24+/m1/s1. The predicted octanol–water partition coefficient (Wildman–Crippen LogP) is 2.46. The first-order chi connectivity index (χ1) is 20.4. The van der Waals surface area contributed by atoms with Gasteiger partial charge >= 0.3 is 12.1 Å². The minimum Gasteiger partial charge on any atom is -0.491 e. The van der Waals surface area contributed by atoms with Crippen LogP contribution in [0.3, 0.4) is 0 Å². The van der Waals surface area contributed by atoms with Crippen molar-refractivity contribution in [2.45, 2.75) is 25.3 Å². The van der Waals surface area contributed by atoms with E-state index in [9.17, 15) is 14.4 Å². The number of ether oxygens (including phenoxy) is 2. The minimum atomic E-state index is -1.09. The van der Waals surface area contributed by atoms with E-state index in [0.717, 1.165) is 13.0 Å². The zero-order chi connectivity index (χ0) is 29.9. The molecule has 4 N–H and O–H groups in total. The van der Waals surface area contributed by atoms with Crippen LogP contribution in [0, 0.1) is 17.2 Å². The molecule has 2 amide bonds. The van der Waals surface area contributed by atoms with Gasteiger partial charge in [-0.25, -0.2) is 19.6 Å². The van der Waals surface area contributed by atoms with Gasteiger partial charge in [-0.2, -0.15) is 5.26 Å². The van der Waals surface area contributed by atoms with Gasteiger partial charge in [0.15, 0.2) is 5.65 Å². The van der Waals surface area contributed by atoms with Crippen molar-refractivity contribution in [3.8, 4) is 11.8 Å². The molecule has 0 aliphatic carbocycles. The van der Waals surface area contributed by atoms with Crippen molar-refractivity contribution in [3.63, 3.8) is 0 Å². The maximum absolute atomic E-state index is 13.1. The van der Waals surface area contributed by atoms with Gasteiger partial charge in [-0.3, -0.25) is 9.36 Å². The van der Waals surface area contributed by atoms with E-state index in [1.165, 1.54) is 10.9 Å². The number of hydrogen-bond acceptors (Lipinski definition) is 10. The average Bonchev–Trinajstić information content (AvgIpc) is 3.42. The molecule has 2 aromatic heterocycles. The number of rotatable bonds is 13. The number of amides is 2. The highest BCUT2D eigenvalue weighted by Crippen LogP contribution is 2.30. The van der Waals surface area contributed by atoms with Crippen LogP contribution in [-0.2, 0) is 9.53 Å². The van der Waals surface area contributed by atoms with Gasteiger partial charge in [-0.1, -0.05) is 0 Å². The molecule has 14 nitrogen and oxygen atoms in total. The van der Waals surface area contributed by atoms with Gasteiger partial charge in [0.25, 0.3) is 0 Å². The summed E-state index contributed by atoms with van der Waals surface area (Å²) < 4.78 is 12.3. The van der Waals surface area contributed by atoms with Gasteiger partial charge in [0, 0.05) is 44.5 Å². The Kier molecular flexibility index (Phi) is 10.6. The Morgan fingerprint density at radius 3 is 2.76 bits per heavy atom. The Morgan fingerprint density at radius 1 is 1.19 bits per heavy atom. The molecule has 222 valence electrons. The second-order valence-corrected chi connectivity index (χ2v) is 9.78. The minimum absolute atomic E-state index is 0.0158. The summed E-state index contributed by atoms with van der Waals surface area (Å²) in [5.41, 5.74) is 1.01. The number of Topliss-reactive ketones (excluding diaryl/α,β-unsaturated/α-hetero) is 1. The molecular formula is C28H34N8O6. The molecule has 4 rings (SSSR count).